The first kappa shape index (κ1) is 13.4. The molecule has 100 valence electrons. The predicted molar refractivity (Wildman–Crippen MR) is 76.2 cm³/mol. The van der Waals surface area contributed by atoms with E-state index in [1.54, 1.807) is 12.1 Å². The van der Waals surface area contributed by atoms with E-state index in [4.69, 9.17) is 4.74 Å². The van der Waals surface area contributed by atoms with Gasteiger partial charge in [0, 0.05) is 12.2 Å². The van der Waals surface area contributed by atoms with Gasteiger partial charge in [-0.2, -0.15) is 0 Å². The Kier molecular flexibility index (Phi) is 4.78. The van der Waals surface area contributed by atoms with Crippen LogP contribution in [0.3, 0.4) is 0 Å². The number of hydrogen-bond donors (Lipinski definition) is 1. The highest BCUT2D eigenvalue weighted by Gasteiger charge is 1.95. The third kappa shape index (κ3) is 4.28. The van der Waals surface area contributed by atoms with Crippen LogP contribution in [0.5, 0.6) is 5.75 Å². The first-order valence-corrected chi connectivity index (χ1v) is 6.49. The van der Waals surface area contributed by atoms with Gasteiger partial charge in [0.25, 0.3) is 0 Å². The van der Waals surface area contributed by atoms with E-state index in [-0.39, 0.29) is 5.82 Å². The summed E-state index contributed by atoms with van der Waals surface area (Å²) in [4.78, 5) is 0. The van der Waals surface area contributed by atoms with Crippen LogP contribution >= 0.6 is 0 Å². The highest BCUT2D eigenvalue weighted by atomic mass is 19.1. The summed E-state index contributed by atoms with van der Waals surface area (Å²) in [7, 11) is 0. The van der Waals surface area contributed by atoms with Gasteiger partial charge in [-0.05, 0) is 48.4 Å². The maximum atomic E-state index is 12.7. The second-order valence-electron chi connectivity index (χ2n) is 4.28. The molecule has 0 atom stereocenters. The lowest BCUT2D eigenvalue weighted by molar-refractivity contribution is 0.333. The van der Waals surface area contributed by atoms with Crippen LogP contribution in [0.2, 0.25) is 0 Å². The molecular formula is C16H18FNO. The smallest absolute Gasteiger partial charge is 0.123 e. The van der Waals surface area contributed by atoms with Crippen molar-refractivity contribution in [2.24, 2.45) is 0 Å². The van der Waals surface area contributed by atoms with E-state index < -0.39 is 0 Å². The summed E-state index contributed by atoms with van der Waals surface area (Å²) >= 11 is 0. The van der Waals surface area contributed by atoms with E-state index in [0.717, 1.165) is 17.9 Å². The fourth-order valence-corrected chi connectivity index (χ4v) is 1.75. The minimum Gasteiger partial charge on any atom is -0.492 e. The van der Waals surface area contributed by atoms with Crippen LogP contribution in [0.1, 0.15) is 12.5 Å². The van der Waals surface area contributed by atoms with Gasteiger partial charge >= 0.3 is 0 Å². The molecular weight excluding hydrogens is 241 g/mol. The zero-order valence-electron chi connectivity index (χ0n) is 11.0. The average molecular weight is 259 g/mol. The van der Waals surface area contributed by atoms with E-state index in [2.05, 4.69) is 24.4 Å². The van der Waals surface area contributed by atoms with Gasteiger partial charge in [0.2, 0.25) is 0 Å². The van der Waals surface area contributed by atoms with Crippen molar-refractivity contribution in [2.75, 3.05) is 18.5 Å². The molecule has 0 aliphatic carbocycles. The summed E-state index contributed by atoms with van der Waals surface area (Å²) in [6, 6.07) is 14.4. The third-order valence-corrected chi connectivity index (χ3v) is 2.88. The van der Waals surface area contributed by atoms with E-state index in [9.17, 15) is 4.39 Å². The molecule has 0 fully saturated rings. The minimum absolute atomic E-state index is 0.224. The molecule has 2 nitrogen and oxygen atoms in total. The first-order chi connectivity index (χ1) is 9.28. The Hall–Kier alpha value is -2.03. The van der Waals surface area contributed by atoms with Gasteiger partial charge in [-0.3, -0.25) is 0 Å². The van der Waals surface area contributed by atoms with Gasteiger partial charge in [-0.15, -0.1) is 0 Å². The van der Waals surface area contributed by atoms with Crippen LogP contribution in [0, 0.1) is 5.82 Å². The molecule has 1 N–H and O–H groups in total. The van der Waals surface area contributed by atoms with Crippen LogP contribution in [-0.4, -0.2) is 13.2 Å². The lowest BCUT2D eigenvalue weighted by Gasteiger charge is -2.09. The normalized spacial score (nSPS) is 10.2. The van der Waals surface area contributed by atoms with Crippen molar-refractivity contribution in [3.05, 3.63) is 59.9 Å². The van der Waals surface area contributed by atoms with Crippen LogP contribution in [0.15, 0.2) is 48.5 Å². The molecule has 0 spiro atoms. The van der Waals surface area contributed by atoms with Crippen molar-refractivity contribution in [1.82, 2.24) is 0 Å². The van der Waals surface area contributed by atoms with Gasteiger partial charge < -0.3 is 10.1 Å². The topological polar surface area (TPSA) is 21.3 Å². The van der Waals surface area contributed by atoms with Crippen LogP contribution in [-0.2, 0) is 6.42 Å². The van der Waals surface area contributed by atoms with Crippen LogP contribution < -0.4 is 10.1 Å². The second kappa shape index (κ2) is 6.78. The third-order valence-electron chi connectivity index (χ3n) is 2.88. The van der Waals surface area contributed by atoms with E-state index >= 15 is 0 Å². The van der Waals surface area contributed by atoms with Crippen LogP contribution in [0.25, 0.3) is 0 Å². The molecule has 0 aromatic heterocycles. The number of aryl methyl sites for hydroxylation is 1. The van der Waals surface area contributed by atoms with Gasteiger partial charge in [0.15, 0.2) is 0 Å². The molecule has 2 rings (SSSR count). The van der Waals surface area contributed by atoms with Crippen molar-refractivity contribution in [2.45, 2.75) is 13.3 Å². The second-order valence-corrected chi connectivity index (χ2v) is 4.28. The van der Waals surface area contributed by atoms with Gasteiger partial charge in [0.05, 0.1) is 0 Å². The Morgan fingerprint density at radius 3 is 2.32 bits per heavy atom. The van der Waals surface area contributed by atoms with Gasteiger partial charge in [-0.25, -0.2) is 4.39 Å². The van der Waals surface area contributed by atoms with Crippen molar-refractivity contribution in [1.29, 1.82) is 0 Å². The zero-order chi connectivity index (χ0) is 13.5. The maximum absolute atomic E-state index is 12.7. The molecule has 0 unspecified atom stereocenters. The summed E-state index contributed by atoms with van der Waals surface area (Å²) in [6.07, 6.45) is 1.03. The van der Waals surface area contributed by atoms with E-state index in [1.807, 2.05) is 12.1 Å². The Bertz CT molecular complexity index is 493. The minimum atomic E-state index is -0.224. The number of nitrogens with one attached hydrogen (secondary N) is 1. The Labute approximate surface area is 113 Å². The first-order valence-electron chi connectivity index (χ1n) is 6.49. The number of hydrogen-bond acceptors (Lipinski definition) is 2. The summed E-state index contributed by atoms with van der Waals surface area (Å²) in [5.41, 5.74) is 2.20. The molecule has 0 radical (unpaired) electrons. The monoisotopic (exact) mass is 259 g/mol. The molecule has 3 heteroatoms. The summed E-state index contributed by atoms with van der Waals surface area (Å²) in [6.45, 7) is 3.38. The molecule has 0 amide bonds. The summed E-state index contributed by atoms with van der Waals surface area (Å²) in [5.74, 6) is 0.649. The van der Waals surface area contributed by atoms with E-state index in [1.165, 1.54) is 17.7 Å². The Morgan fingerprint density at radius 2 is 1.68 bits per heavy atom. The van der Waals surface area contributed by atoms with E-state index in [0.29, 0.717) is 13.2 Å². The molecule has 0 bridgehead atoms. The number of halogens is 1. The Morgan fingerprint density at radius 1 is 1.00 bits per heavy atom. The van der Waals surface area contributed by atoms with Crippen molar-refractivity contribution in [3.8, 4) is 5.75 Å². The lowest BCUT2D eigenvalue weighted by Crippen LogP contribution is -2.11. The molecule has 0 aliphatic heterocycles. The molecule has 2 aromatic carbocycles. The molecule has 0 aliphatic rings. The average Bonchev–Trinajstić information content (AvgIpc) is 2.46. The predicted octanol–water partition coefficient (Wildman–Crippen LogP) is 3.88. The molecule has 0 saturated heterocycles. The standard InChI is InChI=1S/C16H18FNO/c1-2-13-3-9-16(10-4-13)19-12-11-18-15-7-5-14(17)6-8-15/h3-10,18H,2,11-12H2,1H3. The van der Waals surface area contributed by atoms with Crippen molar-refractivity contribution < 1.29 is 9.13 Å². The molecule has 0 saturated carbocycles. The highest BCUT2D eigenvalue weighted by molar-refractivity contribution is 5.42. The Balaban J connectivity index is 1.72. The number of rotatable bonds is 6. The fraction of sp³-hybridized carbons (Fsp3) is 0.250. The summed E-state index contributed by atoms with van der Waals surface area (Å²) < 4.78 is 18.3. The lowest BCUT2D eigenvalue weighted by atomic mass is 10.2. The fourth-order valence-electron chi connectivity index (χ4n) is 1.75. The molecule has 2 aromatic rings. The number of benzene rings is 2. The summed E-state index contributed by atoms with van der Waals surface area (Å²) in [5, 5.41) is 3.17. The maximum Gasteiger partial charge on any atom is 0.123 e. The highest BCUT2D eigenvalue weighted by Crippen LogP contribution is 2.12. The van der Waals surface area contributed by atoms with Crippen molar-refractivity contribution >= 4 is 5.69 Å². The zero-order valence-corrected chi connectivity index (χ0v) is 11.0. The quantitative estimate of drug-likeness (QED) is 0.795. The number of ether oxygens (including phenoxy) is 1. The molecule has 19 heavy (non-hydrogen) atoms. The van der Waals surface area contributed by atoms with Crippen molar-refractivity contribution in [3.63, 3.8) is 0 Å². The molecule has 0 heterocycles. The van der Waals surface area contributed by atoms with Gasteiger partial charge in [-0.1, -0.05) is 19.1 Å². The number of anilines is 1. The van der Waals surface area contributed by atoms with Crippen LogP contribution in [0.4, 0.5) is 10.1 Å². The van der Waals surface area contributed by atoms with Gasteiger partial charge in [0.1, 0.15) is 18.2 Å². The largest absolute Gasteiger partial charge is 0.492 e. The SMILES string of the molecule is CCc1ccc(OCCNc2ccc(F)cc2)cc1.